The van der Waals surface area contributed by atoms with Gasteiger partial charge in [-0.2, -0.15) is 0 Å². The van der Waals surface area contributed by atoms with E-state index < -0.39 is 0 Å². The van der Waals surface area contributed by atoms with E-state index in [0.717, 1.165) is 64.6 Å². The number of pyridine rings is 1. The number of hydrogen-bond acceptors (Lipinski definition) is 3. The van der Waals surface area contributed by atoms with E-state index in [2.05, 4.69) is 24.0 Å². The van der Waals surface area contributed by atoms with Gasteiger partial charge in [-0.3, -0.25) is 4.98 Å². The lowest BCUT2D eigenvalue weighted by Gasteiger charge is -2.18. The average Bonchev–Trinajstić information content (AvgIpc) is 2.80. The molecule has 0 aliphatic carbocycles. The van der Waals surface area contributed by atoms with Gasteiger partial charge in [-0.1, -0.05) is 79.9 Å². The van der Waals surface area contributed by atoms with E-state index in [4.69, 9.17) is 0 Å². The van der Waals surface area contributed by atoms with Gasteiger partial charge in [-0.05, 0) is 59.7 Å². The lowest BCUT2D eigenvalue weighted by molar-refractivity contribution is 0.454. The maximum atomic E-state index is 11.4. The molecular weight excluding hydrogens is 394 g/mol. The molecule has 0 bridgehead atoms. The van der Waals surface area contributed by atoms with E-state index in [-0.39, 0.29) is 11.5 Å². The Morgan fingerprint density at radius 1 is 0.750 bits per heavy atom. The first-order valence-electron chi connectivity index (χ1n) is 11.2. The zero-order chi connectivity index (χ0) is 22.5. The Labute approximate surface area is 190 Å². The highest BCUT2D eigenvalue weighted by molar-refractivity contribution is 5.88. The fourth-order valence-electron chi connectivity index (χ4n) is 4.24. The topological polar surface area (TPSA) is 53.4 Å². The summed E-state index contributed by atoms with van der Waals surface area (Å²) >= 11 is 0. The summed E-state index contributed by atoms with van der Waals surface area (Å²) in [6, 6.07) is 21.8. The van der Waals surface area contributed by atoms with Gasteiger partial charge >= 0.3 is 0 Å². The molecule has 0 fully saturated rings. The number of phenolic OH excluding ortho intramolecular Hbond substituents is 2. The van der Waals surface area contributed by atoms with Crippen molar-refractivity contribution in [1.29, 1.82) is 0 Å². The zero-order valence-corrected chi connectivity index (χ0v) is 18.7. The van der Waals surface area contributed by atoms with Crippen molar-refractivity contribution in [3.8, 4) is 44.9 Å². The van der Waals surface area contributed by atoms with Crippen molar-refractivity contribution in [2.45, 2.75) is 39.5 Å². The third-order valence-corrected chi connectivity index (χ3v) is 5.89. The second kappa shape index (κ2) is 9.69. The van der Waals surface area contributed by atoms with Crippen molar-refractivity contribution < 1.29 is 10.2 Å². The van der Waals surface area contributed by atoms with Gasteiger partial charge in [0, 0.05) is 18.0 Å². The Morgan fingerprint density at radius 3 is 2.19 bits per heavy atom. The van der Waals surface area contributed by atoms with Crippen LogP contribution < -0.4 is 0 Å². The first-order chi connectivity index (χ1) is 15.6. The lowest BCUT2D eigenvalue weighted by atomic mass is 9.89. The van der Waals surface area contributed by atoms with Crippen LogP contribution in [0.25, 0.3) is 33.4 Å². The van der Waals surface area contributed by atoms with Crippen LogP contribution in [0.1, 0.15) is 37.3 Å². The molecule has 0 atom stereocenters. The molecule has 3 nitrogen and oxygen atoms in total. The summed E-state index contributed by atoms with van der Waals surface area (Å²) < 4.78 is 0. The maximum absolute atomic E-state index is 11.4. The summed E-state index contributed by atoms with van der Waals surface area (Å²) in [7, 11) is 0. The molecule has 0 amide bonds. The second-order valence-corrected chi connectivity index (χ2v) is 8.30. The van der Waals surface area contributed by atoms with Crippen LogP contribution in [-0.4, -0.2) is 15.2 Å². The van der Waals surface area contributed by atoms with Crippen molar-refractivity contribution in [3.05, 3.63) is 90.3 Å². The molecule has 1 aromatic heterocycles. The minimum absolute atomic E-state index is 0.121. The zero-order valence-electron chi connectivity index (χ0n) is 18.7. The number of aryl methyl sites for hydroxylation is 2. The van der Waals surface area contributed by atoms with E-state index in [1.54, 1.807) is 6.20 Å². The summed E-state index contributed by atoms with van der Waals surface area (Å²) in [5.41, 5.74) is 7.22. The van der Waals surface area contributed by atoms with E-state index in [9.17, 15) is 10.2 Å². The number of rotatable bonds is 7. The summed E-state index contributed by atoms with van der Waals surface area (Å²) in [4.78, 5) is 4.21. The quantitative estimate of drug-likeness (QED) is 0.302. The number of unbranched alkanes of at least 4 members (excludes halogenated alkanes) is 2. The minimum Gasteiger partial charge on any atom is -0.507 e. The highest BCUT2D eigenvalue weighted by Gasteiger charge is 2.20. The molecule has 0 saturated carbocycles. The third-order valence-electron chi connectivity index (χ3n) is 5.89. The highest BCUT2D eigenvalue weighted by Crippen LogP contribution is 2.46. The molecule has 0 aliphatic heterocycles. The Kier molecular flexibility index (Phi) is 6.55. The van der Waals surface area contributed by atoms with Crippen molar-refractivity contribution in [2.24, 2.45) is 0 Å². The van der Waals surface area contributed by atoms with Crippen molar-refractivity contribution in [1.82, 2.24) is 4.98 Å². The monoisotopic (exact) mass is 423 g/mol. The first-order valence-corrected chi connectivity index (χ1v) is 11.2. The predicted molar refractivity (Wildman–Crippen MR) is 132 cm³/mol. The smallest absolute Gasteiger partial charge is 0.135 e. The second-order valence-electron chi connectivity index (χ2n) is 8.30. The van der Waals surface area contributed by atoms with Crippen LogP contribution in [-0.2, 0) is 6.42 Å². The summed E-state index contributed by atoms with van der Waals surface area (Å²) in [6.07, 6.45) is 7.67. The summed E-state index contributed by atoms with van der Waals surface area (Å²) in [5.74, 6) is 0.256. The number of nitrogens with zero attached hydrogens (tertiary/aromatic N) is 1. The van der Waals surface area contributed by atoms with Gasteiger partial charge in [-0.25, -0.2) is 0 Å². The fourth-order valence-corrected chi connectivity index (χ4v) is 4.24. The number of hydrogen-bond donors (Lipinski definition) is 2. The minimum atomic E-state index is 0.121. The van der Waals surface area contributed by atoms with Gasteiger partial charge in [0.15, 0.2) is 0 Å². The van der Waals surface area contributed by atoms with Crippen molar-refractivity contribution in [2.75, 3.05) is 0 Å². The number of phenols is 2. The summed E-state index contributed by atoms with van der Waals surface area (Å²) in [5, 5.41) is 22.3. The van der Waals surface area contributed by atoms with Crippen LogP contribution in [0.2, 0.25) is 0 Å². The molecule has 2 N–H and O–H groups in total. The molecule has 0 radical (unpaired) electrons. The lowest BCUT2D eigenvalue weighted by Crippen LogP contribution is -1.95. The Morgan fingerprint density at radius 2 is 1.50 bits per heavy atom. The van der Waals surface area contributed by atoms with Crippen molar-refractivity contribution >= 4 is 0 Å². The van der Waals surface area contributed by atoms with Gasteiger partial charge < -0.3 is 10.2 Å². The molecule has 0 aliphatic rings. The molecule has 4 rings (SSSR count). The van der Waals surface area contributed by atoms with Crippen molar-refractivity contribution in [3.63, 3.8) is 0 Å². The Hall–Kier alpha value is -3.59. The molecule has 32 heavy (non-hydrogen) atoms. The first kappa shape index (κ1) is 21.6. The fraction of sp³-hybridized carbons (Fsp3) is 0.207. The van der Waals surface area contributed by atoms with Crippen LogP contribution in [0, 0.1) is 6.92 Å². The van der Waals surface area contributed by atoms with Gasteiger partial charge in [0.2, 0.25) is 0 Å². The average molecular weight is 424 g/mol. The third kappa shape index (κ3) is 4.52. The van der Waals surface area contributed by atoms with E-state index in [1.807, 2.05) is 67.7 Å². The molecular formula is C29H29NO2. The Balaban J connectivity index is 1.83. The number of benzene rings is 3. The number of aromatic nitrogens is 1. The maximum Gasteiger partial charge on any atom is 0.135 e. The van der Waals surface area contributed by atoms with E-state index in [0.29, 0.717) is 5.56 Å². The molecule has 0 spiro atoms. The van der Waals surface area contributed by atoms with E-state index in [1.165, 1.54) is 0 Å². The van der Waals surface area contributed by atoms with Crippen LogP contribution in [0.5, 0.6) is 11.5 Å². The van der Waals surface area contributed by atoms with Crippen LogP contribution >= 0.6 is 0 Å². The molecule has 0 saturated heterocycles. The van der Waals surface area contributed by atoms with Gasteiger partial charge in [0.25, 0.3) is 0 Å². The van der Waals surface area contributed by atoms with Crippen LogP contribution in [0.3, 0.4) is 0 Å². The standard InChI is InChI=1S/C29H29NO2/c1-3-4-5-9-24-18-26(31)28(23-10-6-8-20(2)17-23)29(32)27(24)22-14-12-21(13-15-22)25-11-7-16-30-19-25/h6-8,10-19,31-32H,3-5,9H2,1-2H3. The largest absolute Gasteiger partial charge is 0.507 e. The van der Waals surface area contributed by atoms with Crippen LogP contribution in [0.15, 0.2) is 79.1 Å². The highest BCUT2D eigenvalue weighted by atomic mass is 16.3. The van der Waals surface area contributed by atoms with E-state index >= 15 is 0 Å². The summed E-state index contributed by atoms with van der Waals surface area (Å²) in [6.45, 7) is 4.18. The Bertz CT molecular complexity index is 1200. The number of aromatic hydroxyl groups is 2. The molecule has 4 aromatic rings. The molecule has 1 heterocycles. The van der Waals surface area contributed by atoms with Gasteiger partial charge in [0.1, 0.15) is 11.5 Å². The molecule has 3 heteroatoms. The molecule has 3 aromatic carbocycles. The van der Waals surface area contributed by atoms with Gasteiger partial charge in [0.05, 0.1) is 5.56 Å². The SMILES string of the molecule is CCCCCc1cc(O)c(-c2cccc(C)c2)c(O)c1-c1ccc(-c2cccnc2)cc1. The normalized spacial score (nSPS) is 10.9. The van der Waals surface area contributed by atoms with Crippen LogP contribution in [0.4, 0.5) is 0 Å². The van der Waals surface area contributed by atoms with Gasteiger partial charge in [-0.15, -0.1) is 0 Å². The molecule has 162 valence electrons. The predicted octanol–water partition coefficient (Wildman–Crippen LogP) is 7.53. The molecule has 0 unspecified atom stereocenters.